The lowest BCUT2D eigenvalue weighted by Gasteiger charge is -2.32. The predicted molar refractivity (Wildman–Crippen MR) is 124 cm³/mol. The van der Waals surface area contributed by atoms with Crippen LogP contribution >= 0.6 is 0 Å². The lowest BCUT2D eigenvalue weighted by molar-refractivity contribution is -0.126. The molecule has 2 fully saturated rings. The van der Waals surface area contributed by atoms with Crippen LogP contribution in [0, 0.1) is 5.92 Å². The van der Waals surface area contributed by atoms with Crippen LogP contribution < -0.4 is 10.2 Å². The molecule has 2 aromatic carbocycles. The Kier molecular flexibility index (Phi) is 5.65. The first-order valence-electron chi connectivity index (χ1n) is 11.3. The molecule has 0 atom stereocenters. The van der Waals surface area contributed by atoms with Crippen molar-refractivity contribution in [3.63, 3.8) is 0 Å². The van der Waals surface area contributed by atoms with Gasteiger partial charge in [-0.3, -0.25) is 9.59 Å². The molecule has 3 aliphatic heterocycles. The second-order valence-electron chi connectivity index (χ2n) is 8.68. The smallest absolute Gasteiger partial charge is 0.285 e. The molecule has 5 rings (SSSR count). The zero-order valence-corrected chi connectivity index (χ0v) is 19.1. The first kappa shape index (κ1) is 21.6. The number of nitrogens with one attached hydrogen (secondary N) is 1. The molecule has 172 valence electrons. The van der Waals surface area contributed by atoms with Crippen LogP contribution in [-0.2, 0) is 26.2 Å². The van der Waals surface area contributed by atoms with Crippen molar-refractivity contribution in [2.45, 2.75) is 37.1 Å². The minimum absolute atomic E-state index is 0.00910. The molecule has 3 heterocycles. The van der Waals surface area contributed by atoms with E-state index in [0.717, 1.165) is 24.2 Å². The quantitative estimate of drug-likeness (QED) is 0.745. The van der Waals surface area contributed by atoms with E-state index < -0.39 is 10.0 Å². The van der Waals surface area contributed by atoms with Crippen molar-refractivity contribution in [2.24, 2.45) is 10.3 Å². The molecule has 0 unspecified atom stereocenters. The third-order valence-electron chi connectivity index (χ3n) is 6.57. The van der Waals surface area contributed by atoms with Crippen molar-refractivity contribution in [1.82, 2.24) is 10.2 Å². The first-order chi connectivity index (χ1) is 15.9. The fourth-order valence-corrected chi connectivity index (χ4v) is 5.95. The van der Waals surface area contributed by atoms with Gasteiger partial charge in [-0.25, -0.2) is 0 Å². The van der Waals surface area contributed by atoms with E-state index in [1.807, 2.05) is 35.2 Å². The van der Waals surface area contributed by atoms with E-state index in [-0.39, 0.29) is 22.6 Å². The normalized spacial score (nSPS) is 20.0. The number of rotatable bonds is 4. The number of hydrogen-bond donors (Lipinski definition) is 1. The molecule has 8 nitrogen and oxygen atoms in total. The van der Waals surface area contributed by atoms with Crippen LogP contribution in [0.25, 0.3) is 0 Å². The Hall–Kier alpha value is -3.20. The molecular weight excluding hydrogens is 440 g/mol. The number of piperidine rings is 1. The number of likely N-dealkylation sites (tertiary alicyclic amines) is 1. The molecule has 2 aromatic rings. The second-order valence-corrected chi connectivity index (χ2v) is 10.3. The summed E-state index contributed by atoms with van der Waals surface area (Å²) in [6.07, 6.45) is 2.78. The third-order valence-corrected chi connectivity index (χ3v) is 7.89. The van der Waals surface area contributed by atoms with Crippen molar-refractivity contribution in [3.8, 4) is 0 Å². The summed E-state index contributed by atoms with van der Waals surface area (Å²) in [6.45, 7) is 2.36. The predicted octanol–water partition coefficient (Wildman–Crippen LogP) is 2.29. The zero-order chi connectivity index (χ0) is 23.0. The summed E-state index contributed by atoms with van der Waals surface area (Å²) in [7, 11) is -3.64. The average molecular weight is 467 g/mol. The number of amides is 2. The second kappa shape index (κ2) is 8.62. The number of anilines is 1. The lowest BCUT2D eigenvalue weighted by atomic mass is 9.95. The summed E-state index contributed by atoms with van der Waals surface area (Å²) in [6, 6.07) is 14.6. The van der Waals surface area contributed by atoms with Crippen molar-refractivity contribution in [1.29, 1.82) is 0 Å². The lowest BCUT2D eigenvalue weighted by Crippen LogP contribution is -2.42. The van der Waals surface area contributed by atoms with E-state index >= 15 is 0 Å². The Morgan fingerprint density at radius 3 is 2.45 bits per heavy atom. The van der Waals surface area contributed by atoms with Crippen molar-refractivity contribution >= 4 is 33.4 Å². The monoisotopic (exact) mass is 466 g/mol. The molecule has 9 heteroatoms. The maximum atomic E-state index is 12.7. The number of benzene rings is 2. The summed E-state index contributed by atoms with van der Waals surface area (Å²) in [5.41, 5.74) is 2.52. The highest BCUT2D eigenvalue weighted by molar-refractivity contribution is 7.90. The number of nitrogens with zero attached hydrogens (tertiary/aromatic N) is 3. The summed E-state index contributed by atoms with van der Waals surface area (Å²) in [4.78, 5) is 28.6. The van der Waals surface area contributed by atoms with Gasteiger partial charge in [-0.1, -0.05) is 24.3 Å². The van der Waals surface area contributed by atoms with E-state index in [0.29, 0.717) is 50.3 Å². The van der Waals surface area contributed by atoms with Gasteiger partial charge in [0.1, 0.15) is 4.90 Å². The van der Waals surface area contributed by atoms with Gasteiger partial charge in [0, 0.05) is 49.8 Å². The highest BCUT2D eigenvalue weighted by Gasteiger charge is 2.34. The van der Waals surface area contributed by atoms with Gasteiger partial charge >= 0.3 is 0 Å². The Morgan fingerprint density at radius 2 is 1.76 bits per heavy atom. The van der Waals surface area contributed by atoms with Crippen LogP contribution in [0.1, 0.15) is 36.8 Å². The highest BCUT2D eigenvalue weighted by atomic mass is 32.2. The SMILES string of the molecule is O=C(NCc1ccc(N2CCCC2=O)cc1)C1CCN(C2=NS(=O)(=O)c3ccccc32)CC1. The summed E-state index contributed by atoms with van der Waals surface area (Å²) in [5, 5.41) is 3.02. The highest BCUT2D eigenvalue weighted by Crippen LogP contribution is 2.29. The molecule has 0 spiro atoms. The van der Waals surface area contributed by atoms with E-state index in [1.54, 1.807) is 23.1 Å². The van der Waals surface area contributed by atoms with Gasteiger partial charge in [0.2, 0.25) is 11.8 Å². The van der Waals surface area contributed by atoms with Gasteiger partial charge < -0.3 is 15.1 Å². The summed E-state index contributed by atoms with van der Waals surface area (Å²) < 4.78 is 28.6. The maximum absolute atomic E-state index is 12.7. The largest absolute Gasteiger partial charge is 0.355 e. The number of sulfonamides is 1. The molecule has 1 N–H and O–H groups in total. The van der Waals surface area contributed by atoms with Crippen molar-refractivity contribution in [3.05, 3.63) is 59.7 Å². The fraction of sp³-hybridized carbons (Fsp3) is 0.375. The minimum atomic E-state index is -3.64. The Morgan fingerprint density at radius 1 is 1.03 bits per heavy atom. The summed E-state index contributed by atoms with van der Waals surface area (Å²) >= 11 is 0. The van der Waals surface area contributed by atoms with Gasteiger partial charge in [-0.05, 0) is 49.1 Å². The first-order valence-corrected chi connectivity index (χ1v) is 12.7. The maximum Gasteiger partial charge on any atom is 0.285 e. The molecule has 0 saturated carbocycles. The van der Waals surface area contributed by atoms with Gasteiger partial charge in [0.05, 0.1) is 0 Å². The van der Waals surface area contributed by atoms with Crippen LogP contribution in [0.4, 0.5) is 5.69 Å². The number of fused-ring (bicyclic) bond motifs is 1. The Balaban J connectivity index is 1.15. The van der Waals surface area contributed by atoms with Crippen LogP contribution in [0.5, 0.6) is 0 Å². The van der Waals surface area contributed by atoms with Crippen LogP contribution in [0.2, 0.25) is 0 Å². The number of hydrogen-bond acceptors (Lipinski definition) is 5. The van der Waals surface area contributed by atoms with Crippen molar-refractivity contribution < 1.29 is 18.0 Å². The molecule has 0 aromatic heterocycles. The molecular formula is C24H26N4O4S. The molecule has 0 aliphatic carbocycles. The van der Waals surface area contributed by atoms with Crippen LogP contribution in [0.15, 0.2) is 57.8 Å². The van der Waals surface area contributed by atoms with Gasteiger partial charge in [-0.2, -0.15) is 8.42 Å². The number of carbonyl (C=O) groups is 2. The molecule has 3 aliphatic rings. The standard InChI is InChI=1S/C24H26N4O4S/c29-22-6-3-13-28(22)19-9-7-17(8-10-19)16-25-24(30)18-11-14-27(15-12-18)23-20-4-1-2-5-21(20)33(31,32)26-23/h1-2,4-5,7-10,18H,3,6,11-16H2,(H,25,30). The number of carbonyl (C=O) groups excluding carboxylic acids is 2. The van der Waals surface area contributed by atoms with Crippen LogP contribution in [0.3, 0.4) is 0 Å². The van der Waals surface area contributed by atoms with E-state index in [4.69, 9.17) is 0 Å². The molecule has 0 bridgehead atoms. The van der Waals surface area contributed by atoms with Gasteiger partial charge in [0.15, 0.2) is 5.84 Å². The van der Waals surface area contributed by atoms with Crippen LogP contribution in [-0.4, -0.2) is 50.6 Å². The molecule has 0 radical (unpaired) electrons. The molecule has 33 heavy (non-hydrogen) atoms. The minimum Gasteiger partial charge on any atom is -0.355 e. The number of amidine groups is 1. The van der Waals surface area contributed by atoms with Gasteiger partial charge in [0.25, 0.3) is 10.0 Å². The molecule has 2 saturated heterocycles. The van der Waals surface area contributed by atoms with Gasteiger partial charge in [-0.15, -0.1) is 4.40 Å². The van der Waals surface area contributed by atoms with Crippen molar-refractivity contribution in [2.75, 3.05) is 24.5 Å². The van der Waals surface area contributed by atoms with E-state index in [1.165, 1.54) is 0 Å². The topological polar surface area (TPSA) is 99.2 Å². The van der Waals surface area contributed by atoms with E-state index in [2.05, 4.69) is 9.71 Å². The Labute approximate surface area is 193 Å². The summed E-state index contributed by atoms with van der Waals surface area (Å²) in [5.74, 6) is 0.541. The zero-order valence-electron chi connectivity index (χ0n) is 18.2. The Bertz CT molecular complexity index is 1220. The average Bonchev–Trinajstić information content (AvgIpc) is 3.38. The van der Waals surface area contributed by atoms with E-state index in [9.17, 15) is 18.0 Å². The molecule has 2 amide bonds. The fourth-order valence-electron chi connectivity index (χ4n) is 4.72. The third kappa shape index (κ3) is 4.25.